The number of halogens is 1. The van der Waals surface area contributed by atoms with E-state index in [-0.39, 0.29) is 23.6 Å². The summed E-state index contributed by atoms with van der Waals surface area (Å²) in [5.74, 6) is 0.294. The predicted octanol–water partition coefficient (Wildman–Crippen LogP) is 3.77. The lowest BCUT2D eigenvalue weighted by Crippen LogP contribution is -2.46. The molecule has 2 heterocycles. The summed E-state index contributed by atoms with van der Waals surface area (Å²) >= 11 is 0. The fourth-order valence-electron chi connectivity index (χ4n) is 4.09. The molecule has 0 aromatic heterocycles. The molecule has 0 radical (unpaired) electrons. The summed E-state index contributed by atoms with van der Waals surface area (Å²) in [6.45, 7) is 4.15. The lowest BCUT2D eigenvalue weighted by atomic mass is 9.83. The minimum Gasteiger partial charge on any atom is -0.454 e. The molecule has 2 aliphatic heterocycles. The minimum atomic E-state index is -0.653. The Hall–Kier alpha value is -2.70. The number of benzene rings is 2. The van der Waals surface area contributed by atoms with E-state index in [1.54, 1.807) is 56.1 Å². The number of aliphatic hydroxyl groups is 1. The Labute approximate surface area is 169 Å². The lowest BCUT2D eigenvalue weighted by molar-refractivity contribution is -0.130. The summed E-state index contributed by atoms with van der Waals surface area (Å²) in [7, 11) is 1.73. The van der Waals surface area contributed by atoms with E-state index in [0.29, 0.717) is 11.3 Å². The molecule has 1 amide bonds. The lowest BCUT2D eigenvalue weighted by Gasteiger charge is -2.32. The number of hydrogen-bond acceptors (Lipinski definition) is 4. The molecule has 0 aliphatic carbocycles. The number of fused-ring (bicyclic) bond motifs is 1. The molecule has 2 aromatic carbocycles. The van der Waals surface area contributed by atoms with Gasteiger partial charge in [-0.1, -0.05) is 18.2 Å². The Morgan fingerprint density at radius 3 is 2.83 bits per heavy atom. The Morgan fingerprint density at radius 2 is 2.07 bits per heavy atom. The monoisotopic (exact) mass is 396 g/mol. The van der Waals surface area contributed by atoms with E-state index in [9.17, 15) is 14.3 Å². The zero-order valence-electron chi connectivity index (χ0n) is 16.8. The van der Waals surface area contributed by atoms with Crippen LogP contribution in [0.5, 0.6) is 11.5 Å². The van der Waals surface area contributed by atoms with Crippen LogP contribution in [-0.4, -0.2) is 35.5 Å². The number of aryl methyl sites for hydroxylation is 1. The third-order valence-corrected chi connectivity index (χ3v) is 5.74. The van der Waals surface area contributed by atoms with Crippen molar-refractivity contribution >= 4 is 11.5 Å². The van der Waals surface area contributed by atoms with Crippen molar-refractivity contribution in [3.05, 3.63) is 65.1 Å². The molecular formula is C23H25FN2O3. The molecule has 0 saturated carbocycles. The molecule has 3 atom stereocenters. The van der Waals surface area contributed by atoms with Crippen molar-refractivity contribution in [3.63, 3.8) is 0 Å². The maximum Gasteiger partial charge on any atom is 0.244 e. The second kappa shape index (κ2) is 7.61. The van der Waals surface area contributed by atoms with Gasteiger partial charge in [0, 0.05) is 24.7 Å². The Morgan fingerprint density at radius 1 is 1.28 bits per heavy atom. The summed E-state index contributed by atoms with van der Waals surface area (Å²) in [5.41, 5.74) is 2.96. The highest BCUT2D eigenvalue weighted by molar-refractivity contribution is 5.91. The average Bonchev–Trinajstić information content (AvgIpc) is 3.18. The Balaban J connectivity index is 1.82. The fourth-order valence-corrected chi connectivity index (χ4v) is 4.09. The van der Waals surface area contributed by atoms with E-state index in [1.807, 2.05) is 12.3 Å². The number of nitrogens with one attached hydrogen (secondary N) is 1. The molecule has 2 aromatic rings. The van der Waals surface area contributed by atoms with Crippen molar-refractivity contribution in [2.75, 3.05) is 13.6 Å². The van der Waals surface area contributed by atoms with Gasteiger partial charge in [-0.05, 0) is 61.7 Å². The number of amides is 1. The van der Waals surface area contributed by atoms with Crippen molar-refractivity contribution in [1.29, 1.82) is 0 Å². The van der Waals surface area contributed by atoms with Crippen LogP contribution >= 0.6 is 0 Å². The van der Waals surface area contributed by atoms with Crippen LogP contribution in [0.25, 0.3) is 5.57 Å². The standard InChI is InChI=1S/C23H25FN2O3/c1-13-5-4-6-20(21(13)24)29-19-8-7-15(14(2)27)11-17(19)18-12-26(3)23(28)22-16(18)9-10-25-22/h4-8,11-12,14,16,22,25,27H,9-10H2,1-3H3. The van der Waals surface area contributed by atoms with E-state index in [2.05, 4.69) is 5.32 Å². The molecule has 0 spiro atoms. The SMILES string of the molecule is Cc1cccc(Oc2ccc(C(C)O)cc2C2=CN(C)C(=O)C3NCCC23)c1F. The summed E-state index contributed by atoms with van der Waals surface area (Å²) in [5, 5.41) is 13.4. The molecule has 6 heteroatoms. The highest BCUT2D eigenvalue weighted by atomic mass is 19.1. The van der Waals surface area contributed by atoms with Crippen LogP contribution < -0.4 is 10.1 Å². The molecule has 2 aliphatic rings. The highest BCUT2D eigenvalue weighted by Gasteiger charge is 2.41. The first-order valence-corrected chi connectivity index (χ1v) is 9.84. The second-order valence-electron chi connectivity index (χ2n) is 7.78. The first-order valence-electron chi connectivity index (χ1n) is 9.84. The normalized spacial score (nSPS) is 22.3. The van der Waals surface area contributed by atoms with Crippen LogP contribution in [0.3, 0.4) is 0 Å². The van der Waals surface area contributed by atoms with Gasteiger partial charge in [-0.3, -0.25) is 4.79 Å². The number of carbonyl (C=O) groups is 1. The number of rotatable bonds is 4. The van der Waals surface area contributed by atoms with Gasteiger partial charge < -0.3 is 20.1 Å². The smallest absolute Gasteiger partial charge is 0.244 e. The molecule has 0 bridgehead atoms. The van der Waals surface area contributed by atoms with Gasteiger partial charge in [0.1, 0.15) is 5.75 Å². The van der Waals surface area contributed by atoms with Gasteiger partial charge in [0.15, 0.2) is 11.6 Å². The number of likely N-dealkylation sites (N-methyl/N-ethyl adjacent to an activating group) is 1. The van der Waals surface area contributed by atoms with Gasteiger partial charge in [-0.25, -0.2) is 4.39 Å². The third-order valence-electron chi connectivity index (χ3n) is 5.74. The van der Waals surface area contributed by atoms with Gasteiger partial charge in [-0.2, -0.15) is 0 Å². The highest BCUT2D eigenvalue weighted by Crippen LogP contribution is 2.42. The maximum atomic E-state index is 14.6. The maximum absolute atomic E-state index is 14.6. The molecule has 4 rings (SSSR count). The minimum absolute atomic E-state index is 0.00709. The molecule has 2 N–H and O–H groups in total. The van der Waals surface area contributed by atoms with Gasteiger partial charge in [0.2, 0.25) is 5.91 Å². The van der Waals surface area contributed by atoms with Crippen molar-refractivity contribution in [2.24, 2.45) is 5.92 Å². The van der Waals surface area contributed by atoms with Crippen LogP contribution in [0.15, 0.2) is 42.6 Å². The molecule has 1 saturated heterocycles. The van der Waals surface area contributed by atoms with Gasteiger partial charge >= 0.3 is 0 Å². The van der Waals surface area contributed by atoms with Crippen molar-refractivity contribution in [2.45, 2.75) is 32.4 Å². The van der Waals surface area contributed by atoms with E-state index in [4.69, 9.17) is 4.74 Å². The van der Waals surface area contributed by atoms with Crippen LogP contribution in [0.2, 0.25) is 0 Å². The zero-order chi connectivity index (χ0) is 20.7. The Kier molecular flexibility index (Phi) is 5.15. The van der Waals surface area contributed by atoms with Crippen molar-refractivity contribution < 1.29 is 19.0 Å². The van der Waals surface area contributed by atoms with E-state index in [1.165, 1.54) is 0 Å². The fraction of sp³-hybridized carbons (Fsp3) is 0.348. The Bertz CT molecular complexity index is 986. The largest absolute Gasteiger partial charge is 0.454 e. The van der Waals surface area contributed by atoms with Crippen LogP contribution in [0.1, 0.15) is 36.1 Å². The van der Waals surface area contributed by atoms with Gasteiger partial charge in [-0.15, -0.1) is 0 Å². The van der Waals surface area contributed by atoms with Crippen LogP contribution in [0, 0.1) is 18.7 Å². The number of aliphatic hydroxyl groups excluding tert-OH is 1. The van der Waals surface area contributed by atoms with E-state index >= 15 is 0 Å². The number of nitrogens with zero attached hydrogens (tertiary/aromatic N) is 1. The van der Waals surface area contributed by atoms with Crippen molar-refractivity contribution in [3.8, 4) is 11.5 Å². The number of carbonyl (C=O) groups excluding carboxylic acids is 1. The molecule has 29 heavy (non-hydrogen) atoms. The molecule has 152 valence electrons. The van der Waals surface area contributed by atoms with Gasteiger partial charge in [0.05, 0.1) is 12.1 Å². The summed E-state index contributed by atoms with van der Waals surface area (Å²) in [4.78, 5) is 14.1. The first kappa shape index (κ1) is 19.6. The summed E-state index contributed by atoms with van der Waals surface area (Å²) < 4.78 is 20.6. The van der Waals surface area contributed by atoms with Crippen LogP contribution in [0.4, 0.5) is 4.39 Å². The second-order valence-corrected chi connectivity index (χ2v) is 7.78. The number of hydrogen-bond donors (Lipinski definition) is 2. The summed E-state index contributed by atoms with van der Waals surface area (Å²) in [6, 6.07) is 10.2. The zero-order valence-corrected chi connectivity index (χ0v) is 16.8. The number of ether oxygens (including phenoxy) is 1. The van der Waals surface area contributed by atoms with Crippen molar-refractivity contribution in [1.82, 2.24) is 10.2 Å². The predicted molar refractivity (Wildman–Crippen MR) is 109 cm³/mol. The van der Waals surface area contributed by atoms with E-state index in [0.717, 1.165) is 29.7 Å². The molecule has 5 nitrogen and oxygen atoms in total. The molecule has 1 fully saturated rings. The van der Waals surface area contributed by atoms with Crippen LogP contribution in [-0.2, 0) is 4.79 Å². The quantitative estimate of drug-likeness (QED) is 0.826. The third kappa shape index (κ3) is 3.54. The topological polar surface area (TPSA) is 61.8 Å². The molecule has 3 unspecified atom stereocenters. The van der Waals surface area contributed by atoms with E-state index < -0.39 is 11.9 Å². The molecular weight excluding hydrogens is 371 g/mol. The average molecular weight is 396 g/mol. The van der Waals surface area contributed by atoms with Gasteiger partial charge in [0.25, 0.3) is 0 Å². The first-order chi connectivity index (χ1) is 13.9. The summed E-state index contributed by atoms with van der Waals surface area (Å²) in [6.07, 6.45) is 2.00.